The highest BCUT2D eigenvalue weighted by molar-refractivity contribution is 8.00. The van der Waals surface area contributed by atoms with E-state index >= 15 is 0 Å². The maximum atomic E-state index is 13.2. The number of carbonyl (C=O) groups is 1. The van der Waals surface area contributed by atoms with Gasteiger partial charge in [-0.3, -0.25) is 4.79 Å². The summed E-state index contributed by atoms with van der Waals surface area (Å²) in [5, 5.41) is 1.75. The molecule has 2 aromatic heterocycles. The number of aryl methyl sites for hydroxylation is 1. The molecule has 1 fully saturated rings. The highest BCUT2D eigenvalue weighted by atomic mass is 32.2. The quantitative estimate of drug-likeness (QED) is 0.357. The molecule has 1 saturated heterocycles. The summed E-state index contributed by atoms with van der Waals surface area (Å²) < 4.78 is 24.0. The summed E-state index contributed by atoms with van der Waals surface area (Å²) in [4.78, 5) is 26.3. The standard InChI is InChI=1S/C23H27N3O3S3/c1-4-15(2)26(18-10-11-32(28,29)14-18)21(27)13-30-22-19-12-20(17-8-6-5-7-9-17)31-23(19)25-16(3)24-22/h5-9,12,15,18H,4,10-11,13-14H2,1-3H3. The predicted octanol–water partition coefficient (Wildman–Crippen LogP) is 4.57. The number of fused-ring (bicyclic) bond motifs is 1. The summed E-state index contributed by atoms with van der Waals surface area (Å²) in [5.41, 5.74) is 1.13. The lowest BCUT2D eigenvalue weighted by molar-refractivity contribution is -0.132. The third kappa shape index (κ3) is 5.00. The van der Waals surface area contributed by atoms with Crippen molar-refractivity contribution in [3.05, 3.63) is 42.2 Å². The third-order valence-electron chi connectivity index (χ3n) is 5.82. The molecule has 0 spiro atoms. The van der Waals surface area contributed by atoms with Crippen molar-refractivity contribution in [3.63, 3.8) is 0 Å². The third-order valence-corrected chi connectivity index (χ3v) is 9.62. The summed E-state index contributed by atoms with van der Waals surface area (Å²) in [6, 6.07) is 12.0. The van der Waals surface area contributed by atoms with Gasteiger partial charge >= 0.3 is 0 Å². The van der Waals surface area contributed by atoms with Crippen LogP contribution in [0.25, 0.3) is 20.7 Å². The first kappa shape index (κ1) is 23.2. The van der Waals surface area contributed by atoms with Crippen molar-refractivity contribution in [1.29, 1.82) is 0 Å². The Kier molecular flexibility index (Phi) is 6.88. The second kappa shape index (κ2) is 9.49. The second-order valence-corrected chi connectivity index (χ2v) is 12.4. The summed E-state index contributed by atoms with van der Waals surface area (Å²) >= 11 is 3.03. The molecule has 1 aliphatic rings. The average molecular weight is 490 g/mol. The second-order valence-electron chi connectivity index (χ2n) is 8.18. The van der Waals surface area contributed by atoms with Crippen molar-refractivity contribution in [2.24, 2.45) is 0 Å². The Bertz CT molecular complexity index is 1230. The fraction of sp³-hybridized carbons (Fsp3) is 0.435. The maximum absolute atomic E-state index is 13.2. The molecule has 3 heterocycles. The average Bonchev–Trinajstić information content (AvgIpc) is 3.35. The fourth-order valence-corrected chi connectivity index (χ4v) is 7.83. The molecule has 0 saturated carbocycles. The Balaban J connectivity index is 1.57. The SMILES string of the molecule is CCC(C)N(C(=O)CSc1nc(C)nc2sc(-c3ccccc3)cc12)C1CCS(=O)(=O)C1. The van der Waals surface area contributed by atoms with E-state index in [9.17, 15) is 13.2 Å². The minimum absolute atomic E-state index is 0.000569. The van der Waals surface area contributed by atoms with E-state index in [-0.39, 0.29) is 35.2 Å². The molecule has 0 bridgehead atoms. The van der Waals surface area contributed by atoms with Crippen molar-refractivity contribution in [2.45, 2.75) is 50.7 Å². The van der Waals surface area contributed by atoms with Crippen molar-refractivity contribution < 1.29 is 13.2 Å². The smallest absolute Gasteiger partial charge is 0.233 e. The van der Waals surface area contributed by atoms with E-state index in [0.29, 0.717) is 12.2 Å². The number of hydrogen-bond donors (Lipinski definition) is 0. The number of sulfone groups is 1. The normalized spacial score (nSPS) is 18.7. The number of aromatic nitrogens is 2. The molecule has 1 amide bonds. The van der Waals surface area contributed by atoms with Gasteiger partial charge in [0.15, 0.2) is 9.84 Å². The van der Waals surface area contributed by atoms with E-state index in [2.05, 4.69) is 28.2 Å². The molecular weight excluding hydrogens is 462 g/mol. The van der Waals surface area contributed by atoms with Crippen LogP contribution in [-0.4, -0.2) is 58.5 Å². The van der Waals surface area contributed by atoms with Crippen molar-refractivity contribution in [3.8, 4) is 10.4 Å². The molecule has 9 heteroatoms. The van der Waals surface area contributed by atoms with Crippen LogP contribution in [0, 0.1) is 6.92 Å². The van der Waals surface area contributed by atoms with E-state index in [1.165, 1.54) is 11.8 Å². The van der Waals surface area contributed by atoms with Gasteiger partial charge in [0.1, 0.15) is 15.7 Å². The Morgan fingerprint density at radius 3 is 2.69 bits per heavy atom. The first-order valence-corrected chi connectivity index (χ1v) is 14.4. The number of benzene rings is 1. The number of thiophene rings is 1. The first-order chi connectivity index (χ1) is 15.3. The molecule has 170 valence electrons. The van der Waals surface area contributed by atoms with Crippen LogP contribution in [0.1, 0.15) is 32.5 Å². The van der Waals surface area contributed by atoms with E-state index in [4.69, 9.17) is 0 Å². The number of hydrogen-bond acceptors (Lipinski definition) is 7. The number of carbonyl (C=O) groups excluding carboxylic acids is 1. The Hall–Kier alpha value is -1.97. The van der Waals surface area contributed by atoms with Gasteiger partial charge in [-0.25, -0.2) is 18.4 Å². The zero-order valence-corrected chi connectivity index (χ0v) is 20.9. The lowest BCUT2D eigenvalue weighted by atomic mass is 10.1. The lowest BCUT2D eigenvalue weighted by Crippen LogP contribution is -2.47. The monoisotopic (exact) mass is 489 g/mol. The Morgan fingerprint density at radius 1 is 1.28 bits per heavy atom. The fourth-order valence-electron chi connectivity index (χ4n) is 4.06. The van der Waals surface area contributed by atoms with Crippen LogP contribution in [0.4, 0.5) is 0 Å². The van der Waals surface area contributed by atoms with Crippen LogP contribution >= 0.6 is 23.1 Å². The number of nitrogens with zero attached hydrogens (tertiary/aromatic N) is 3. The van der Waals surface area contributed by atoms with Crippen LogP contribution < -0.4 is 0 Å². The highest BCUT2D eigenvalue weighted by Gasteiger charge is 2.36. The van der Waals surface area contributed by atoms with Gasteiger partial charge in [0.05, 0.1) is 17.3 Å². The van der Waals surface area contributed by atoms with E-state index in [1.54, 1.807) is 16.2 Å². The molecule has 0 aliphatic carbocycles. The lowest BCUT2D eigenvalue weighted by Gasteiger charge is -2.33. The molecule has 2 unspecified atom stereocenters. The van der Waals surface area contributed by atoms with Crippen molar-refractivity contribution in [1.82, 2.24) is 14.9 Å². The number of amides is 1. The van der Waals surface area contributed by atoms with Gasteiger partial charge in [0, 0.05) is 22.3 Å². The first-order valence-electron chi connectivity index (χ1n) is 10.8. The molecule has 1 aliphatic heterocycles. The molecular formula is C23H27N3O3S3. The van der Waals surface area contributed by atoms with Crippen LogP contribution in [-0.2, 0) is 14.6 Å². The zero-order chi connectivity index (χ0) is 22.9. The Labute approximate surface area is 197 Å². The van der Waals surface area contributed by atoms with Gasteiger partial charge < -0.3 is 4.90 Å². The van der Waals surface area contributed by atoms with Crippen LogP contribution in [0.5, 0.6) is 0 Å². The van der Waals surface area contributed by atoms with Gasteiger partial charge in [-0.15, -0.1) is 11.3 Å². The molecule has 32 heavy (non-hydrogen) atoms. The van der Waals surface area contributed by atoms with E-state index in [1.807, 2.05) is 39.0 Å². The van der Waals surface area contributed by atoms with Crippen molar-refractivity contribution in [2.75, 3.05) is 17.3 Å². The minimum Gasteiger partial charge on any atom is -0.335 e. The summed E-state index contributed by atoms with van der Waals surface area (Å²) in [7, 11) is -3.06. The zero-order valence-electron chi connectivity index (χ0n) is 18.4. The van der Waals surface area contributed by atoms with Gasteiger partial charge in [-0.2, -0.15) is 0 Å². The topological polar surface area (TPSA) is 80.2 Å². The summed E-state index contributed by atoms with van der Waals surface area (Å²) in [5.74, 6) is 1.09. The predicted molar refractivity (Wildman–Crippen MR) is 132 cm³/mol. The minimum atomic E-state index is -3.06. The number of rotatable bonds is 7. The largest absolute Gasteiger partial charge is 0.335 e. The molecule has 0 N–H and O–H groups in total. The van der Waals surface area contributed by atoms with Crippen LogP contribution in [0.2, 0.25) is 0 Å². The Morgan fingerprint density at radius 2 is 2.03 bits per heavy atom. The summed E-state index contributed by atoms with van der Waals surface area (Å²) in [6.45, 7) is 5.88. The maximum Gasteiger partial charge on any atom is 0.233 e. The number of thioether (sulfide) groups is 1. The van der Waals surface area contributed by atoms with Crippen LogP contribution in [0.3, 0.4) is 0 Å². The molecule has 6 nitrogen and oxygen atoms in total. The highest BCUT2D eigenvalue weighted by Crippen LogP contribution is 2.37. The summed E-state index contributed by atoms with van der Waals surface area (Å²) in [6.07, 6.45) is 1.31. The van der Waals surface area contributed by atoms with Gasteiger partial charge in [-0.1, -0.05) is 49.0 Å². The van der Waals surface area contributed by atoms with E-state index < -0.39 is 9.84 Å². The van der Waals surface area contributed by atoms with Crippen molar-refractivity contribution >= 4 is 49.1 Å². The molecule has 3 aromatic rings. The molecule has 1 aromatic carbocycles. The molecule has 2 atom stereocenters. The van der Waals surface area contributed by atoms with Gasteiger partial charge in [0.25, 0.3) is 0 Å². The van der Waals surface area contributed by atoms with E-state index in [0.717, 1.165) is 32.1 Å². The molecule has 4 rings (SSSR count). The van der Waals surface area contributed by atoms with Gasteiger partial charge in [-0.05, 0) is 38.3 Å². The molecule has 0 radical (unpaired) electrons. The van der Waals surface area contributed by atoms with Crippen LogP contribution in [0.15, 0.2) is 41.4 Å². The van der Waals surface area contributed by atoms with Gasteiger partial charge in [0.2, 0.25) is 5.91 Å².